The van der Waals surface area contributed by atoms with Gasteiger partial charge in [0.05, 0.1) is 6.61 Å². The summed E-state index contributed by atoms with van der Waals surface area (Å²) in [5.74, 6) is 1.68. The highest BCUT2D eigenvalue weighted by atomic mass is 16.5. The molecule has 1 N–H and O–H groups in total. The van der Waals surface area contributed by atoms with Crippen LogP contribution in [0.4, 0.5) is 5.69 Å². The maximum absolute atomic E-state index is 5.28. The Morgan fingerprint density at radius 2 is 1.94 bits per heavy atom. The Hall–Kier alpha value is -1.06. The molecule has 0 radical (unpaired) electrons. The minimum Gasteiger partial charge on any atom is -0.380 e. The molecule has 2 aliphatic rings. The van der Waals surface area contributed by atoms with Crippen molar-refractivity contribution in [3.05, 3.63) is 29.8 Å². The van der Waals surface area contributed by atoms with Crippen molar-refractivity contribution in [3.63, 3.8) is 0 Å². The molecule has 0 aliphatic carbocycles. The maximum atomic E-state index is 5.28. The molecule has 2 aliphatic heterocycles. The van der Waals surface area contributed by atoms with Gasteiger partial charge >= 0.3 is 0 Å². The van der Waals surface area contributed by atoms with E-state index in [1.807, 2.05) is 0 Å². The van der Waals surface area contributed by atoms with Crippen LogP contribution in [-0.4, -0.2) is 33.3 Å². The number of hydrogen-bond acceptors (Lipinski definition) is 3. The molecule has 3 rings (SSSR count). The largest absolute Gasteiger partial charge is 0.380 e. The first-order valence-electron chi connectivity index (χ1n) is 6.41. The molecular weight excluding hydrogens is 212 g/mol. The molecule has 2 fully saturated rings. The van der Waals surface area contributed by atoms with E-state index in [1.54, 1.807) is 7.11 Å². The summed E-state index contributed by atoms with van der Waals surface area (Å²) < 4.78 is 5.28. The minimum atomic E-state index is 0.709. The maximum Gasteiger partial charge on any atom is 0.0733 e. The summed E-state index contributed by atoms with van der Waals surface area (Å²) in [4.78, 5) is 2.53. The van der Waals surface area contributed by atoms with Crippen LogP contribution in [0.2, 0.25) is 0 Å². The fraction of sp³-hybridized carbons (Fsp3) is 0.571. The smallest absolute Gasteiger partial charge is 0.0733 e. The minimum absolute atomic E-state index is 0.709. The van der Waals surface area contributed by atoms with Crippen LogP contribution < -0.4 is 10.2 Å². The second-order valence-electron chi connectivity index (χ2n) is 5.15. The standard InChI is InChI=1S/C14H20N2O/c1-17-10-11-4-2-3-5-14(11)16-8-12-6-15-7-13(12)9-16/h2-5,12-13,15H,6-10H2,1H3. The van der Waals surface area contributed by atoms with E-state index in [1.165, 1.54) is 37.4 Å². The second-order valence-corrected chi connectivity index (χ2v) is 5.15. The average molecular weight is 232 g/mol. The van der Waals surface area contributed by atoms with Crippen molar-refractivity contribution >= 4 is 5.69 Å². The number of fused-ring (bicyclic) bond motifs is 1. The Kier molecular flexibility index (Phi) is 3.04. The predicted molar refractivity (Wildman–Crippen MR) is 69.2 cm³/mol. The normalized spacial score (nSPS) is 27.5. The van der Waals surface area contributed by atoms with Gasteiger partial charge in [-0.25, -0.2) is 0 Å². The number of methoxy groups -OCH3 is 1. The molecule has 2 atom stereocenters. The van der Waals surface area contributed by atoms with Crippen molar-refractivity contribution < 1.29 is 4.74 Å². The topological polar surface area (TPSA) is 24.5 Å². The molecule has 92 valence electrons. The zero-order chi connectivity index (χ0) is 11.7. The molecule has 0 aromatic heterocycles. The van der Waals surface area contributed by atoms with Gasteiger partial charge in [0.15, 0.2) is 0 Å². The van der Waals surface area contributed by atoms with Gasteiger partial charge in [-0.3, -0.25) is 0 Å². The summed E-state index contributed by atoms with van der Waals surface area (Å²) in [5.41, 5.74) is 2.67. The lowest BCUT2D eigenvalue weighted by molar-refractivity contribution is 0.185. The van der Waals surface area contributed by atoms with E-state index in [0.717, 1.165) is 11.8 Å². The number of benzene rings is 1. The van der Waals surface area contributed by atoms with Crippen molar-refractivity contribution in [2.24, 2.45) is 11.8 Å². The average Bonchev–Trinajstić information content (AvgIpc) is 2.90. The zero-order valence-electron chi connectivity index (χ0n) is 10.4. The number of nitrogens with zero attached hydrogens (tertiary/aromatic N) is 1. The highest BCUT2D eigenvalue weighted by Crippen LogP contribution is 2.32. The fourth-order valence-corrected chi connectivity index (χ4v) is 3.15. The molecule has 0 saturated carbocycles. The van der Waals surface area contributed by atoms with Crippen LogP contribution in [0.25, 0.3) is 0 Å². The molecule has 3 nitrogen and oxygen atoms in total. The summed E-state index contributed by atoms with van der Waals surface area (Å²) in [6, 6.07) is 8.62. The van der Waals surface area contributed by atoms with Crippen LogP contribution in [0.15, 0.2) is 24.3 Å². The summed E-state index contributed by atoms with van der Waals surface area (Å²) in [5, 5.41) is 3.48. The van der Waals surface area contributed by atoms with Crippen LogP contribution in [-0.2, 0) is 11.3 Å². The summed E-state index contributed by atoms with van der Waals surface area (Å²) in [6.45, 7) is 5.47. The van der Waals surface area contributed by atoms with E-state index >= 15 is 0 Å². The summed E-state index contributed by atoms with van der Waals surface area (Å²) in [6.07, 6.45) is 0. The second kappa shape index (κ2) is 4.67. The molecule has 0 amide bonds. The monoisotopic (exact) mass is 232 g/mol. The quantitative estimate of drug-likeness (QED) is 0.854. The molecule has 2 unspecified atom stereocenters. The van der Waals surface area contributed by atoms with E-state index < -0.39 is 0 Å². The van der Waals surface area contributed by atoms with Gasteiger partial charge in [-0.05, 0) is 17.9 Å². The highest BCUT2D eigenvalue weighted by Gasteiger charge is 2.36. The number of para-hydroxylation sites is 1. The lowest BCUT2D eigenvalue weighted by Crippen LogP contribution is -2.26. The Bertz CT molecular complexity index is 382. The Morgan fingerprint density at radius 3 is 2.65 bits per heavy atom. The van der Waals surface area contributed by atoms with Crippen molar-refractivity contribution in [2.75, 3.05) is 38.2 Å². The van der Waals surface area contributed by atoms with Crippen LogP contribution >= 0.6 is 0 Å². The van der Waals surface area contributed by atoms with Crippen LogP contribution in [0, 0.1) is 11.8 Å². The molecule has 1 aromatic rings. The lowest BCUT2D eigenvalue weighted by Gasteiger charge is -2.22. The van der Waals surface area contributed by atoms with Gasteiger partial charge in [0.2, 0.25) is 0 Å². The Balaban J connectivity index is 1.80. The van der Waals surface area contributed by atoms with Gasteiger partial charge in [-0.15, -0.1) is 0 Å². The summed E-state index contributed by atoms with van der Waals surface area (Å²) >= 11 is 0. The molecule has 2 heterocycles. The Morgan fingerprint density at radius 1 is 1.24 bits per heavy atom. The van der Waals surface area contributed by atoms with Crippen molar-refractivity contribution in [1.82, 2.24) is 5.32 Å². The van der Waals surface area contributed by atoms with Gasteiger partial charge in [0.1, 0.15) is 0 Å². The third kappa shape index (κ3) is 2.05. The fourth-order valence-electron chi connectivity index (χ4n) is 3.15. The van der Waals surface area contributed by atoms with Crippen molar-refractivity contribution in [2.45, 2.75) is 6.61 Å². The van der Waals surface area contributed by atoms with Crippen molar-refractivity contribution in [1.29, 1.82) is 0 Å². The van der Waals surface area contributed by atoms with E-state index in [-0.39, 0.29) is 0 Å². The third-order valence-corrected chi connectivity index (χ3v) is 4.02. The number of nitrogens with one attached hydrogen (secondary N) is 1. The van der Waals surface area contributed by atoms with Crippen LogP contribution in [0.3, 0.4) is 0 Å². The van der Waals surface area contributed by atoms with E-state index in [0.29, 0.717) is 6.61 Å². The lowest BCUT2D eigenvalue weighted by atomic mass is 10.0. The molecule has 2 saturated heterocycles. The van der Waals surface area contributed by atoms with Gasteiger partial charge in [0, 0.05) is 44.5 Å². The first kappa shape index (κ1) is 11.1. The first-order valence-corrected chi connectivity index (χ1v) is 6.41. The predicted octanol–water partition coefficient (Wildman–Crippen LogP) is 1.49. The van der Waals surface area contributed by atoms with Crippen molar-refractivity contribution in [3.8, 4) is 0 Å². The number of hydrogen-bond donors (Lipinski definition) is 1. The highest BCUT2D eigenvalue weighted by molar-refractivity contribution is 5.54. The van der Waals surface area contributed by atoms with Gasteiger partial charge in [-0.1, -0.05) is 18.2 Å². The van der Waals surface area contributed by atoms with E-state index in [9.17, 15) is 0 Å². The number of anilines is 1. The van der Waals surface area contributed by atoms with Gasteiger partial charge in [-0.2, -0.15) is 0 Å². The van der Waals surface area contributed by atoms with E-state index in [2.05, 4.69) is 34.5 Å². The number of rotatable bonds is 3. The molecule has 0 spiro atoms. The molecule has 1 aromatic carbocycles. The van der Waals surface area contributed by atoms with E-state index in [4.69, 9.17) is 4.74 Å². The molecular formula is C14H20N2O. The molecule has 17 heavy (non-hydrogen) atoms. The molecule has 3 heteroatoms. The Labute approximate surface area is 103 Å². The third-order valence-electron chi connectivity index (χ3n) is 4.02. The zero-order valence-corrected chi connectivity index (χ0v) is 10.4. The van der Waals surface area contributed by atoms with Crippen LogP contribution in [0.5, 0.6) is 0 Å². The summed E-state index contributed by atoms with van der Waals surface area (Å²) in [7, 11) is 1.76. The molecule has 0 bridgehead atoms. The number of ether oxygens (including phenoxy) is 1. The van der Waals surface area contributed by atoms with Gasteiger partial charge < -0.3 is 15.0 Å². The first-order chi connectivity index (χ1) is 8.38. The SMILES string of the molecule is COCc1ccccc1N1CC2CNCC2C1. The van der Waals surface area contributed by atoms with Crippen LogP contribution in [0.1, 0.15) is 5.56 Å². The van der Waals surface area contributed by atoms with Gasteiger partial charge in [0.25, 0.3) is 0 Å².